The molecular weight excluding hydrogens is 889 g/mol. The summed E-state index contributed by atoms with van der Waals surface area (Å²) in [6.45, 7) is 0.837. The molecule has 1 aliphatic heterocycles. The minimum absolute atomic E-state index is 0.0193. The fourth-order valence-electron chi connectivity index (χ4n) is 10.2. The molecule has 2 saturated carbocycles. The SMILES string of the molecule is COc1ccc2nccc(C[C@H](O)C3CCC(NCc4ccc5c(n4)N(C(O)(c4ccnc6ccc(OC)nc46)C(O)C4CCC(NC/C=C/c6cc(F)ccc6F)CC4)C(=O)CS5)CC3)c2c1. The lowest BCUT2D eigenvalue weighted by molar-refractivity contribution is -0.138. The zero-order valence-electron chi connectivity index (χ0n) is 38.2. The largest absolute Gasteiger partial charge is 0.497 e. The van der Waals surface area contributed by atoms with Crippen LogP contribution in [0.2, 0.25) is 0 Å². The summed E-state index contributed by atoms with van der Waals surface area (Å²) < 4.78 is 38.8. The molecular formula is C52H57F2N7O6S. The van der Waals surface area contributed by atoms with Gasteiger partial charge in [0.2, 0.25) is 17.5 Å². The highest BCUT2D eigenvalue weighted by Gasteiger charge is 2.53. The number of hydrogen-bond donors (Lipinski definition) is 5. The number of carbonyl (C=O) groups is 1. The fraction of sp³-hybridized carbons (Fsp3) is 0.404. The Morgan fingerprint density at radius 3 is 2.35 bits per heavy atom. The molecule has 13 nitrogen and oxygen atoms in total. The molecule has 9 rings (SSSR count). The van der Waals surface area contributed by atoms with E-state index in [9.17, 15) is 28.9 Å². The average molecular weight is 946 g/mol. The van der Waals surface area contributed by atoms with Crippen LogP contribution in [0, 0.1) is 23.5 Å². The van der Waals surface area contributed by atoms with Crippen molar-refractivity contribution in [3.8, 4) is 11.6 Å². The monoisotopic (exact) mass is 945 g/mol. The highest BCUT2D eigenvalue weighted by Crippen LogP contribution is 2.47. The minimum atomic E-state index is -2.32. The van der Waals surface area contributed by atoms with Gasteiger partial charge in [0.25, 0.3) is 0 Å². The number of nitrogens with zero attached hydrogens (tertiary/aromatic N) is 5. The molecule has 4 aromatic heterocycles. The highest BCUT2D eigenvalue weighted by molar-refractivity contribution is 8.00. The van der Waals surface area contributed by atoms with Crippen molar-refractivity contribution in [2.75, 3.05) is 31.4 Å². The summed E-state index contributed by atoms with van der Waals surface area (Å²) in [7, 11) is 3.13. The van der Waals surface area contributed by atoms with Crippen LogP contribution in [0.15, 0.2) is 96.2 Å². The second-order valence-electron chi connectivity index (χ2n) is 18.1. The number of nitrogens with one attached hydrogen (secondary N) is 2. The number of anilines is 1. The van der Waals surface area contributed by atoms with Crippen molar-refractivity contribution in [3.63, 3.8) is 0 Å². The number of hydrogen-bond acceptors (Lipinski definition) is 13. The number of rotatable bonds is 16. The summed E-state index contributed by atoms with van der Waals surface area (Å²) in [6, 6.07) is 20.2. The predicted octanol–water partition coefficient (Wildman–Crippen LogP) is 7.63. The number of halogens is 2. The lowest BCUT2D eigenvalue weighted by Gasteiger charge is -2.47. The van der Waals surface area contributed by atoms with Crippen LogP contribution in [0.4, 0.5) is 14.6 Å². The average Bonchev–Trinajstić information content (AvgIpc) is 3.37. The third-order valence-electron chi connectivity index (χ3n) is 14.0. The molecule has 1 amide bonds. The Morgan fingerprint density at radius 1 is 0.838 bits per heavy atom. The van der Waals surface area contributed by atoms with Crippen molar-refractivity contribution in [1.82, 2.24) is 30.6 Å². The number of aliphatic hydroxyl groups is 3. The molecule has 2 aromatic carbocycles. The third kappa shape index (κ3) is 10.1. The van der Waals surface area contributed by atoms with E-state index in [1.54, 1.807) is 43.7 Å². The van der Waals surface area contributed by atoms with Gasteiger partial charge in [-0.15, -0.1) is 11.8 Å². The molecule has 0 saturated heterocycles. The van der Waals surface area contributed by atoms with Crippen molar-refractivity contribution in [2.24, 2.45) is 11.8 Å². The molecule has 5 heterocycles. The zero-order valence-corrected chi connectivity index (χ0v) is 39.0. The molecule has 2 unspecified atom stereocenters. The first-order valence-electron chi connectivity index (χ1n) is 23.4. The molecule has 356 valence electrons. The highest BCUT2D eigenvalue weighted by atomic mass is 32.2. The Kier molecular flexibility index (Phi) is 14.6. The maximum Gasteiger partial charge on any atom is 0.241 e. The van der Waals surface area contributed by atoms with Crippen molar-refractivity contribution >= 4 is 51.5 Å². The maximum atomic E-state index is 14.4. The number of benzene rings is 2. The van der Waals surface area contributed by atoms with Gasteiger partial charge in [0.15, 0.2) is 5.82 Å². The molecule has 0 bridgehead atoms. The summed E-state index contributed by atoms with van der Waals surface area (Å²) in [5.41, 5.74) is 1.37. The third-order valence-corrected chi connectivity index (χ3v) is 15.0. The lowest BCUT2D eigenvalue weighted by atomic mass is 9.77. The number of pyridine rings is 4. The van der Waals surface area contributed by atoms with Gasteiger partial charge in [0.05, 0.1) is 47.7 Å². The smallest absolute Gasteiger partial charge is 0.241 e. The standard InChI is InChI=1S/C52H57F2N7O6S/c1-66-39-15-17-43-40(28-39)33(21-24-56-43)27-45(62)31-5-10-37(11-6-31)58-29-38-14-19-46-51(59-38)61(48(63)30-68-46)52(65,41-22-25-57-44-18-20-47(67-2)60-49(41)44)50(64)32-7-12-36(13-8-32)55-23-3-4-34-26-35(53)9-16-42(34)54/h3-4,9,14-22,24-26,28,31-32,36-37,45,50,55,58,62,64-65H,5-8,10-13,23,27,29-30H2,1-2H3/b4-3+/t31?,32?,36?,37?,45-,50?,52?/m0/s1. The van der Waals surface area contributed by atoms with E-state index >= 15 is 0 Å². The summed E-state index contributed by atoms with van der Waals surface area (Å²) in [5, 5.41) is 45.6. The van der Waals surface area contributed by atoms with Crippen LogP contribution < -0.4 is 25.0 Å². The lowest BCUT2D eigenvalue weighted by Crippen LogP contribution is -2.61. The van der Waals surface area contributed by atoms with Crippen LogP contribution in [0.1, 0.15) is 73.8 Å². The maximum absolute atomic E-state index is 14.4. The zero-order chi connectivity index (χ0) is 47.4. The van der Waals surface area contributed by atoms with Crippen molar-refractivity contribution in [1.29, 1.82) is 0 Å². The van der Waals surface area contributed by atoms with E-state index in [4.69, 9.17) is 19.4 Å². The predicted molar refractivity (Wildman–Crippen MR) is 258 cm³/mol. The van der Waals surface area contributed by atoms with E-state index in [1.165, 1.54) is 30.0 Å². The molecule has 6 aromatic rings. The number of amides is 1. The first-order chi connectivity index (χ1) is 33.0. The summed E-state index contributed by atoms with van der Waals surface area (Å²) in [5.74, 6) is -0.399. The summed E-state index contributed by atoms with van der Waals surface area (Å²) >= 11 is 1.34. The van der Waals surface area contributed by atoms with E-state index in [0.29, 0.717) is 61.3 Å². The van der Waals surface area contributed by atoms with E-state index in [1.807, 2.05) is 36.4 Å². The molecule has 68 heavy (non-hydrogen) atoms. The topological polar surface area (TPSA) is 175 Å². The van der Waals surface area contributed by atoms with Crippen LogP contribution in [-0.2, 0) is 23.5 Å². The van der Waals surface area contributed by atoms with Gasteiger partial charge in [0.1, 0.15) is 29.0 Å². The molecule has 5 N–H and O–H groups in total. The quantitative estimate of drug-likeness (QED) is 0.0642. The van der Waals surface area contributed by atoms with Gasteiger partial charge in [-0.1, -0.05) is 12.2 Å². The Labute approximate surface area is 398 Å². The van der Waals surface area contributed by atoms with Crippen molar-refractivity contribution in [2.45, 2.75) is 99.2 Å². The van der Waals surface area contributed by atoms with Gasteiger partial charge < -0.3 is 35.4 Å². The molecule has 2 fully saturated rings. The Bertz CT molecular complexity index is 2790. The van der Waals surface area contributed by atoms with Crippen molar-refractivity contribution < 1.29 is 38.4 Å². The first-order valence-corrected chi connectivity index (χ1v) is 24.4. The van der Waals surface area contributed by atoms with E-state index in [-0.39, 0.29) is 52.1 Å². The Balaban J connectivity index is 0.909. The van der Waals surface area contributed by atoms with Gasteiger partial charge in [-0.25, -0.2) is 18.7 Å². The van der Waals surface area contributed by atoms with E-state index in [2.05, 4.69) is 20.6 Å². The van der Waals surface area contributed by atoms with Gasteiger partial charge in [-0.3, -0.25) is 19.7 Å². The number of ether oxygens (including phenoxy) is 2. The van der Waals surface area contributed by atoms with Gasteiger partial charge in [-0.05, 0) is 142 Å². The van der Waals surface area contributed by atoms with E-state index in [0.717, 1.165) is 66.1 Å². The molecule has 2 aliphatic carbocycles. The van der Waals surface area contributed by atoms with Crippen molar-refractivity contribution in [3.05, 3.63) is 125 Å². The van der Waals surface area contributed by atoms with Crippen LogP contribution in [0.3, 0.4) is 0 Å². The van der Waals surface area contributed by atoms with Gasteiger partial charge >= 0.3 is 0 Å². The van der Waals surface area contributed by atoms with E-state index < -0.39 is 41.4 Å². The molecule has 0 radical (unpaired) electrons. The number of thioether (sulfide) groups is 1. The number of fused-ring (bicyclic) bond motifs is 3. The summed E-state index contributed by atoms with van der Waals surface area (Å²) in [6.07, 6.45) is 11.0. The molecule has 0 spiro atoms. The molecule has 3 aliphatic rings. The van der Waals surface area contributed by atoms with Crippen LogP contribution in [-0.4, -0.2) is 92.0 Å². The minimum Gasteiger partial charge on any atom is -0.497 e. The Morgan fingerprint density at radius 2 is 1.57 bits per heavy atom. The fourth-order valence-corrected chi connectivity index (χ4v) is 11.1. The second-order valence-corrected chi connectivity index (χ2v) is 19.1. The van der Waals surface area contributed by atoms with Gasteiger partial charge in [-0.2, -0.15) is 0 Å². The normalized spacial score (nSPS) is 21.7. The number of carbonyl (C=O) groups excluding carboxylic acids is 1. The van der Waals surface area contributed by atoms with Crippen LogP contribution >= 0.6 is 11.8 Å². The molecule has 3 atom stereocenters. The summed E-state index contributed by atoms with van der Waals surface area (Å²) in [4.78, 5) is 35.1. The van der Waals surface area contributed by atoms with Gasteiger partial charge in [0, 0.05) is 60.1 Å². The number of aromatic nitrogens is 4. The first kappa shape index (κ1) is 47.4. The number of aliphatic hydroxyl groups excluding tert-OH is 2. The second kappa shape index (κ2) is 20.9. The molecule has 16 heteroatoms. The van der Waals surface area contributed by atoms with Crippen LogP contribution in [0.25, 0.3) is 28.0 Å². The number of methoxy groups -OCH3 is 2. The van der Waals surface area contributed by atoms with Crippen LogP contribution in [0.5, 0.6) is 11.6 Å². The Hall–Kier alpha value is -5.62.